The van der Waals surface area contributed by atoms with Gasteiger partial charge >= 0.3 is 0 Å². The number of aryl methyl sites for hydroxylation is 1. The summed E-state index contributed by atoms with van der Waals surface area (Å²) >= 11 is 0. The lowest BCUT2D eigenvalue weighted by Crippen LogP contribution is -2.59. The second-order valence-electron chi connectivity index (χ2n) is 8.33. The predicted octanol–water partition coefficient (Wildman–Crippen LogP) is 2.54. The van der Waals surface area contributed by atoms with Gasteiger partial charge in [0, 0.05) is 50.2 Å². The molecule has 3 aromatic heterocycles. The molecule has 3 aromatic rings. The molecule has 2 aliphatic rings. The summed E-state index contributed by atoms with van der Waals surface area (Å²) < 4.78 is 28.0. The molecule has 8 nitrogen and oxygen atoms in total. The van der Waals surface area contributed by atoms with Gasteiger partial charge < -0.3 is 9.88 Å². The quantitative estimate of drug-likeness (QED) is 0.674. The highest BCUT2D eigenvalue weighted by Gasteiger charge is 2.43. The number of anilines is 1. The SMILES string of the molecule is Cc1ccnc(N2CC(S(=O)(=O)N3CCC(c4c[nH]c5ncccc45)CC3)C2)c1C#N. The van der Waals surface area contributed by atoms with E-state index in [1.165, 1.54) is 5.56 Å². The van der Waals surface area contributed by atoms with Crippen LogP contribution in [0.1, 0.15) is 35.4 Å². The Morgan fingerprint density at radius 1 is 1.16 bits per heavy atom. The van der Waals surface area contributed by atoms with Crippen LogP contribution in [0.4, 0.5) is 5.82 Å². The fourth-order valence-corrected chi connectivity index (χ4v) is 6.55. The molecule has 0 bridgehead atoms. The third kappa shape index (κ3) is 3.36. The summed E-state index contributed by atoms with van der Waals surface area (Å²) in [5, 5.41) is 10.1. The normalized spacial score (nSPS) is 18.8. The number of hydrogen-bond acceptors (Lipinski definition) is 6. The molecule has 160 valence electrons. The average molecular weight is 437 g/mol. The van der Waals surface area contributed by atoms with Gasteiger partial charge in [-0.1, -0.05) is 0 Å². The van der Waals surface area contributed by atoms with Gasteiger partial charge in [-0.3, -0.25) is 0 Å². The van der Waals surface area contributed by atoms with E-state index in [1.807, 2.05) is 24.1 Å². The first-order valence-corrected chi connectivity index (χ1v) is 12.0. The Kier molecular flexibility index (Phi) is 4.91. The molecular formula is C22H24N6O2S. The minimum Gasteiger partial charge on any atom is -0.353 e. The van der Waals surface area contributed by atoms with Crippen LogP contribution in [0.5, 0.6) is 0 Å². The number of fused-ring (bicyclic) bond motifs is 1. The van der Waals surface area contributed by atoms with E-state index in [0.29, 0.717) is 43.5 Å². The molecule has 2 fully saturated rings. The van der Waals surface area contributed by atoms with Crippen molar-refractivity contribution in [1.29, 1.82) is 5.26 Å². The van der Waals surface area contributed by atoms with Gasteiger partial charge in [0.05, 0.1) is 5.56 Å². The van der Waals surface area contributed by atoms with Crippen molar-refractivity contribution >= 4 is 26.9 Å². The van der Waals surface area contributed by atoms with Gasteiger partial charge in [-0.25, -0.2) is 22.7 Å². The number of aromatic amines is 1. The van der Waals surface area contributed by atoms with Crippen molar-refractivity contribution in [3.8, 4) is 6.07 Å². The first kappa shape index (κ1) is 20.0. The molecular weight excluding hydrogens is 412 g/mol. The Morgan fingerprint density at radius 2 is 1.94 bits per heavy atom. The highest BCUT2D eigenvalue weighted by Crippen LogP contribution is 2.35. The van der Waals surface area contributed by atoms with Crippen LogP contribution >= 0.6 is 0 Å². The van der Waals surface area contributed by atoms with Gasteiger partial charge in [0.25, 0.3) is 0 Å². The topological polar surface area (TPSA) is 106 Å². The van der Waals surface area contributed by atoms with Crippen LogP contribution in [-0.2, 0) is 10.0 Å². The van der Waals surface area contributed by atoms with Crippen molar-refractivity contribution in [3.05, 3.63) is 53.5 Å². The predicted molar refractivity (Wildman–Crippen MR) is 118 cm³/mol. The zero-order valence-corrected chi connectivity index (χ0v) is 18.1. The number of pyridine rings is 2. The van der Waals surface area contributed by atoms with Crippen LogP contribution in [0.3, 0.4) is 0 Å². The van der Waals surface area contributed by atoms with Gasteiger partial charge in [-0.15, -0.1) is 0 Å². The third-order valence-electron chi connectivity index (χ3n) is 6.56. The Labute approximate surface area is 181 Å². The summed E-state index contributed by atoms with van der Waals surface area (Å²) in [7, 11) is -3.37. The molecule has 0 aliphatic carbocycles. The van der Waals surface area contributed by atoms with Gasteiger partial charge in [0.15, 0.2) is 0 Å². The minimum atomic E-state index is -3.37. The summed E-state index contributed by atoms with van der Waals surface area (Å²) in [5.41, 5.74) is 3.48. The molecule has 0 unspecified atom stereocenters. The maximum absolute atomic E-state index is 13.2. The molecule has 2 saturated heterocycles. The fourth-order valence-electron chi connectivity index (χ4n) is 4.67. The zero-order valence-electron chi connectivity index (χ0n) is 17.3. The number of piperidine rings is 1. The lowest BCUT2D eigenvalue weighted by molar-refractivity contribution is 0.313. The van der Waals surface area contributed by atoms with Crippen molar-refractivity contribution in [3.63, 3.8) is 0 Å². The molecule has 5 rings (SSSR count). The number of nitriles is 1. The molecule has 1 N–H and O–H groups in total. The standard InChI is InChI=1S/C22H24N6O2S/c1-15-4-8-25-22(19(15)11-23)27-13-17(14-27)31(29,30)28-9-5-16(6-10-28)20-12-26-21-18(20)3-2-7-24-21/h2-4,7-8,12,16-17H,5-6,9-10,13-14H2,1H3,(H,24,26). The molecule has 0 aromatic carbocycles. The molecule has 31 heavy (non-hydrogen) atoms. The molecule has 0 saturated carbocycles. The lowest BCUT2D eigenvalue weighted by Gasteiger charge is -2.43. The van der Waals surface area contributed by atoms with Crippen molar-refractivity contribution in [1.82, 2.24) is 19.3 Å². The zero-order chi connectivity index (χ0) is 21.6. The monoisotopic (exact) mass is 436 g/mol. The van der Waals surface area contributed by atoms with E-state index in [0.717, 1.165) is 29.4 Å². The second-order valence-corrected chi connectivity index (χ2v) is 10.5. The number of nitrogens with zero attached hydrogens (tertiary/aromatic N) is 5. The van der Waals surface area contributed by atoms with Gasteiger partial charge in [-0.2, -0.15) is 5.26 Å². The van der Waals surface area contributed by atoms with E-state index < -0.39 is 15.3 Å². The van der Waals surface area contributed by atoms with Crippen molar-refractivity contribution in [2.24, 2.45) is 0 Å². The second kappa shape index (κ2) is 7.62. The summed E-state index contributed by atoms with van der Waals surface area (Å²) in [4.78, 5) is 13.8. The first-order valence-electron chi connectivity index (χ1n) is 10.5. The average Bonchev–Trinajstić information content (AvgIpc) is 3.17. The van der Waals surface area contributed by atoms with Crippen LogP contribution in [-0.4, -0.2) is 59.1 Å². The van der Waals surface area contributed by atoms with E-state index in [2.05, 4.69) is 27.1 Å². The van der Waals surface area contributed by atoms with E-state index in [9.17, 15) is 13.7 Å². The van der Waals surface area contributed by atoms with Crippen LogP contribution in [0, 0.1) is 18.3 Å². The smallest absolute Gasteiger partial charge is 0.220 e. The van der Waals surface area contributed by atoms with Gasteiger partial charge in [0.2, 0.25) is 10.0 Å². The number of nitrogens with one attached hydrogen (secondary N) is 1. The number of rotatable bonds is 4. The van der Waals surface area contributed by atoms with E-state index in [1.54, 1.807) is 22.8 Å². The van der Waals surface area contributed by atoms with E-state index >= 15 is 0 Å². The number of aromatic nitrogens is 3. The van der Waals surface area contributed by atoms with E-state index in [4.69, 9.17) is 0 Å². The van der Waals surface area contributed by atoms with Gasteiger partial charge in [0.1, 0.15) is 22.8 Å². The highest BCUT2D eigenvalue weighted by molar-refractivity contribution is 7.89. The molecule has 0 atom stereocenters. The summed E-state index contributed by atoms with van der Waals surface area (Å²) in [6.07, 6.45) is 7.05. The molecule has 5 heterocycles. The lowest BCUT2D eigenvalue weighted by atomic mass is 9.90. The molecule has 2 aliphatic heterocycles. The number of sulfonamides is 1. The minimum absolute atomic E-state index is 0.331. The summed E-state index contributed by atoms with van der Waals surface area (Å²) in [5.74, 6) is 0.914. The highest BCUT2D eigenvalue weighted by atomic mass is 32.2. The van der Waals surface area contributed by atoms with Crippen LogP contribution in [0.2, 0.25) is 0 Å². The van der Waals surface area contributed by atoms with Crippen molar-refractivity contribution in [2.45, 2.75) is 30.9 Å². The maximum atomic E-state index is 13.2. The summed E-state index contributed by atoms with van der Waals surface area (Å²) in [6.45, 7) is 3.68. The fraction of sp³-hybridized carbons (Fsp3) is 0.409. The molecule has 0 spiro atoms. The van der Waals surface area contributed by atoms with Gasteiger partial charge in [-0.05, 0) is 55.0 Å². The van der Waals surface area contributed by atoms with Crippen LogP contribution in [0.25, 0.3) is 11.0 Å². The van der Waals surface area contributed by atoms with Crippen LogP contribution in [0.15, 0.2) is 36.8 Å². The number of H-pyrrole nitrogens is 1. The first-order chi connectivity index (χ1) is 15.0. The third-order valence-corrected chi connectivity index (χ3v) is 8.78. The molecule has 9 heteroatoms. The summed E-state index contributed by atoms with van der Waals surface area (Å²) in [6, 6.07) is 7.98. The Morgan fingerprint density at radius 3 is 2.68 bits per heavy atom. The number of hydrogen-bond donors (Lipinski definition) is 1. The van der Waals surface area contributed by atoms with Crippen molar-refractivity contribution < 1.29 is 8.42 Å². The Hall–Kier alpha value is -2.96. The largest absolute Gasteiger partial charge is 0.353 e. The Balaban J connectivity index is 1.24. The molecule has 0 radical (unpaired) electrons. The molecule has 0 amide bonds. The van der Waals surface area contributed by atoms with Crippen molar-refractivity contribution in [2.75, 3.05) is 31.1 Å². The van der Waals surface area contributed by atoms with Crippen LogP contribution < -0.4 is 4.90 Å². The van der Waals surface area contributed by atoms with E-state index in [-0.39, 0.29) is 0 Å². The Bertz CT molecular complexity index is 1260. The maximum Gasteiger partial charge on any atom is 0.220 e.